The number of aromatic nitrogens is 2. The van der Waals surface area contributed by atoms with Gasteiger partial charge >= 0.3 is 5.69 Å². The maximum absolute atomic E-state index is 13.2. The third-order valence-electron chi connectivity index (χ3n) is 6.75. The molecule has 1 amide bonds. The van der Waals surface area contributed by atoms with Gasteiger partial charge in [0.1, 0.15) is 0 Å². The number of fused-ring (bicyclic) bond motifs is 3. The number of aryl methyl sites for hydroxylation is 2. The van der Waals surface area contributed by atoms with E-state index in [1.165, 1.54) is 15.7 Å². The number of H-pyrrole nitrogens is 1. The zero-order valence-electron chi connectivity index (χ0n) is 18.0. The Labute approximate surface area is 185 Å². The van der Waals surface area contributed by atoms with Gasteiger partial charge in [0.25, 0.3) is 11.5 Å². The Morgan fingerprint density at radius 2 is 1.50 bits per heavy atom. The molecule has 1 atom stereocenters. The molecule has 3 aromatic rings. The number of nitrogens with one attached hydrogen (secondary N) is 1. The van der Waals surface area contributed by atoms with Crippen molar-refractivity contribution < 1.29 is 9.90 Å². The summed E-state index contributed by atoms with van der Waals surface area (Å²) in [4.78, 5) is 42.3. The minimum absolute atomic E-state index is 0.163. The van der Waals surface area contributed by atoms with Crippen LogP contribution in [-0.2, 0) is 12.8 Å². The summed E-state index contributed by atoms with van der Waals surface area (Å²) >= 11 is 0. The van der Waals surface area contributed by atoms with Crippen molar-refractivity contribution in [2.75, 3.05) is 6.54 Å². The Bertz CT molecular complexity index is 1290. The Morgan fingerprint density at radius 3 is 2.06 bits per heavy atom. The second-order valence-corrected chi connectivity index (χ2v) is 8.82. The van der Waals surface area contributed by atoms with Gasteiger partial charge in [-0.15, -0.1) is 0 Å². The number of rotatable bonds is 2. The summed E-state index contributed by atoms with van der Waals surface area (Å²) in [5, 5.41) is 10.5. The molecule has 0 unspecified atom stereocenters. The van der Waals surface area contributed by atoms with Crippen LogP contribution in [0.3, 0.4) is 0 Å². The second-order valence-electron chi connectivity index (χ2n) is 8.82. The molecule has 2 heterocycles. The van der Waals surface area contributed by atoms with E-state index in [0.717, 1.165) is 24.0 Å². The van der Waals surface area contributed by atoms with Crippen LogP contribution in [-0.4, -0.2) is 38.1 Å². The van der Waals surface area contributed by atoms with E-state index >= 15 is 0 Å². The minimum atomic E-state index is -0.944. The molecule has 1 aliphatic carbocycles. The van der Waals surface area contributed by atoms with Gasteiger partial charge < -0.3 is 10.0 Å². The molecule has 7 heteroatoms. The van der Waals surface area contributed by atoms with E-state index in [9.17, 15) is 19.5 Å². The van der Waals surface area contributed by atoms with Gasteiger partial charge in [0, 0.05) is 18.5 Å². The lowest BCUT2D eigenvalue weighted by Crippen LogP contribution is -2.53. The Kier molecular flexibility index (Phi) is 4.77. The summed E-state index contributed by atoms with van der Waals surface area (Å²) in [5.41, 5.74) is 2.75. The molecule has 7 nitrogen and oxygen atoms in total. The Balaban J connectivity index is 1.84. The summed E-state index contributed by atoms with van der Waals surface area (Å²) in [6, 6.07) is 15.7. The van der Waals surface area contributed by atoms with Crippen molar-refractivity contribution in [3.8, 4) is 5.75 Å². The van der Waals surface area contributed by atoms with E-state index < -0.39 is 28.9 Å². The van der Waals surface area contributed by atoms with E-state index in [0.29, 0.717) is 6.54 Å². The van der Waals surface area contributed by atoms with Crippen molar-refractivity contribution in [3.05, 3.63) is 97.3 Å². The highest BCUT2D eigenvalue weighted by atomic mass is 16.3. The van der Waals surface area contributed by atoms with Crippen LogP contribution in [0.4, 0.5) is 0 Å². The molecule has 0 bridgehead atoms. The quantitative estimate of drug-likeness (QED) is 0.652. The van der Waals surface area contributed by atoms with Crippen molar-refractivity contribution in [1.82, 2.24) is 14.5 Å². The minimum Gasteiger partial charge on any atom is -0.501 e. The van der Waals surface area contributed by atoms with Gasteiger partial charge in [0.15, 0.2) is 5.69 Å². The maximum atomic E-state index is 13.2. The van der Waals surface area contributed by atoms with Gasteiger partial charge in [0.2, 0.25) is 5.75 Å². The normalized spacial score (nSPS) is 18.2. The first kappa shape index (κ1) is 20.3. The Morgan fingerprint density at radius 1 is 0.938 bits per heavy atom. The van der Waals surface area contributed by atoms with Crippen LogP contribution in [0.5, 0.6) is 5.75 Å². The molecule has 0 fully saturated rings. The number of nitrogens with zero attached hydrogens (tertiary/aromatic N) is 2. The fourth-order valence-corrected chi connectivity index (χ4v) is 5.24. The highest BCUT2D eigenvalue weighted by molar-refractivity contribution is 5.96. The highest BCUT2D eigenvalue weighted by Gasteiger charge is 2.42. The fourth-order valence-electron chi connectivity index (χ4n) is 5.24. The largest absolute Gasteiger partial charge is 0.501 e. The predicted molar refractivity (Wildman–Crippen MR) is 120 cm³/mol. The molecular weight excluding hydrogens is 406 g/mol. The first-order chi connectivity index (χ1) is 15.4. The monoisotopic (exact) mass is 431 g/mol. The molecule has 5 rings (SSSR count). The third kappa shape index (κ3) is 2.99. The molecule has 0 radical (unpaired) electrons. The van der Waals surface area contributed by atoms with Crippen LogP contribution in [0.2, 0.25) is 0 Å². The van der Waals surface area contributed by atoms with Gasteiger partial charge in [-0.05, 0) is 48.9 Å². The fraction of sp³-hybridized carbons (Fsp3) is 0.320. The number of carbonyl (C=O) groups excluding carboxylic acids is 1. The first-order valence-corrected chi connectivity index (χ1v) is 10.9. The maximum Gasteiger partial charge on any atom is 0.329 e. The molecule has 0 saturated heterocycles. The van der Waals surface area contributed by atoms with Gasteiger partial charge in [-0.1, -0.05) is 48.5 Å². The zero-order chi connectivity index (χ0) is 22.6. The smallest absolute Gasteiger partial charge is 0.329 e. The number of hydrogen-bond donors (Lipinski definition) is 2. The van der Waals surface area contributed by atoms with Gasteiger partial charge in [-0.3, -0.25) is 19.1 Å². The third-order valence-corrected chi connectivity index (χ3v) is 6.75. The van der Waals surface area contributed by atoms with Crippen LogP contribution >= 0.6 is 0 Å². The topological polar surface area (TPSA) is 95.4 Å². The Hall–Kier alpha value is -3.61. The molecular formula is C25H25N3O4. The number of amides is 1. The molecule has 164 valence electrons. The molecule has 2 aromatic carbocycles. The van der Waals surface area contributed by atoms with Gasteiger partial charge in [-0.25, -0.2) is 4.79 Å². The van der Waals surface area contributed by atoms with Crippen molar-refractivity contribution in [2.45, 2.75) is 44.7 Å². The lowest BCUT2D eigenvalue weighted by molar-refractivity contribution is 0.0581. The average Bonchev–Trinajstić information content (AvgIpc) is 2.94. The summed E-state index contributed by atoms with van der Waals surface area (Å²) in [7, 11) is 0. The van der Waals surface area contributed by atoms with E-state index in [1.54, 1.807) is 4.90 Å². The standard InChI is InChI=1S/C25H25N3O4/c1-14(2)27-13-19(28-21(24(27)31)22(29)23(30)26-25(28)32)20-17-9-5-3-7-15(17)11-12-16-8-4-6-10-18(16)20/h3-10,14,19-20,29H,11-13H2,1-2H3,(H,26,30,32)/t19-/m1/s1. The molecule has 2 aliphatic rings. The van der Waals surface area contributed by atoms with E-state index in [1.807, 2.05) is 38.1 Å². The lowest BCUT2D eigenvalue weighted by atomic mass is 9.81. The SMILES string of the molecule is CC(C)N1C[C@H](C2c3ccccc3CCc3ccccc32)n2c(c(O)c(=O)[nH]c2=O)C1=O. The second kappa shape index (κ2) is 7.51. The molecule has 0 saturated carbocycles. The van der Waals surface area contributed by atoms with E-state index in [2.05, 4.69) is 29.2 Å². The van der Waals surface area contributed by atoms with Crippen LogP contribution < -0.4 is 11.2 Å². The number of hydrogen-bond acceptors (Lipinski definition) is 4. The van der Waals surface area contributed by atoms with E-state index in [4.69, 9.17) is 0 Å². The molecule has 2 N–H and O–H groups in total. The molecule has 0 spiro atoms. The predicted octanol–water partition coefficient (Wildman–Crippen LogP) is 2.58. The summed E-state index contributed by atoms with van der Waals surface area (Å²) < 4.78 is 1.31. The first-order valence-electron chi connectivity index (χ1n) is 10.9. The van der Waals surface area contributed by atoms with Crippen LogP contribution in [0, 0.1) is 0 Å². The van der Waals surface area contributed by atoms with Crippen LogP contribution in [0.15, 0.2) is 58.1 Å². The number of carbonyl (C=O) groups is 1. The zero-order valence-corrected chi connectivity index (χ0v) is 18.0. The number of aromatic hydroxyl groups is 1. The molecule has 1 aromatic heterocycles. The summed E-state index contributed by atoms with van der Waals surface area (Å²) in [6.45, 7) is 4.08. The van der Waals surface area contributed by atoms with Crippen molar-refractivity contribution in [1.29, 1.82) is 0 Å². The van der Waals surface area contributed by atoms with Crippen LogP contribution in [0.1, 0.15) is 58.5 Å². The van der Waals surface area contributed by atoms with Crippen molar-refractivity contribution >= 4 is 5.91 Å². The lowest BCUT2D eigenvalue weighted by Gasteiger charge is -2.41. The van der Waals surface area contributed by atoms with Crippen molar-refractivity contribution in [2.24, 2.45) is 0 Å². The van der Waals surface area contributed by atoms with Crippen molar-refractivity contribution in [3.63, 3.8) is 0 Å². The van der Waals surface area contributed by atoms with E-state index in [-0.39, 0.29) is 17.7 Å². The van der Waals surface area contributed by atoms with Crippen LogP contribution in [0.25, 0.3) is 0 Å². The van der Waals surface area contributed by atoms with Gasteiger partial charge in [-0.2, -0.15) is 0 Å². The average molecular weight is 431 g/mol. The highest BCUT2D eigenvalue weighted by Crippen LogP contribution is 2.43. The number of benzene rings is 2. The van der Waals surface area contributed by atoms with Gasteiger partial charge in [0.05, 0.1) is 6.04 Å². The number of aromatic amines is 1. The molecule has 32 heavy (non-hydrogen) atoms. The summed E-state index contributed by atoms with van der Waals surface area (Å²) in [6.07, 6.45) is 1.75. The summed E-state index contributed by atoms with van der Waals surface area (Å²) in [5.74, 6) is -1.44. The molecule has 1 aliphatic heterocycles.